The average molecular weight is 561 g/mol. The van der Waals surface area contributed by atoms with Gasteiger partial charge in [-0.15, -0.1) is 0 Å². The number of aliphatic hydroxyl groups is 2. The molecule has 2 bridgehead atoms. The van der Waals surface area contributed by atoms with E-state index in [4.69, 9.17) is 23.7 Å². The molecule has 3 spiro atoms. The van der Waals surface area contributed by atoms with Crippen LogP contribution in [0.1, 0.15) is 66.7 Å². The Bertz CT molecular complexity index is 1290. The van der Waals surface area contributed by atoms with Crippen molar-refractivity contribution in [3.63, 3.8) is 0 Å². The maximum atomic E-state index is 14.8. The largest absolute Gasteiger partial charge is 0.459 e. The van der Waals surface area contributed by atoms with Crippen LogP contribution < -0.4 is 0 Å². The van der Waals surface area contributed by atoms with E-state index in [1.807, 2.05) is 13.8 Å². The lowest BCUT2D eigenvalue weighted by Gasteiger charge is -2.50. The number of Topliss-reactive ketones (excluding diaryl/α,β-unsaturated/α-hetero) is 2. The van der Waals surface area contributed by atoms with Crippen LogP contribution in [0.25, 0.3) is 0 Å². The highest BCUT2D eigenvalue weighted by atomic mass is 16.7. The summed E-state index contributed by atoms with van der Waals surface area (Å²) in [5.74, 6) is -7.87. The van der Waals surface area contributed by atoms with Gasteiger partial charge in [0.1, 0.15) is 29.5 Å². The van der Waals surface area contributed by atoms with Crippen LogP contribution >= 0.6 is 0 Å². The van der Waals surface area contributed by atoms with Gasteiger partial charge in [0.2, 0.25) is 11.6 Å². The van der Waals surface area contributed by atoms with Gasteiger partial charge < -0.3 is 33.9 Å². The zero-order valence-corrected chi connectivity index (χ0v) is 23.3. The van der Waals surface area contributed by atoms with Crippen LogP contribution in [0.5, 0.6) is 0 Å². The fourth-order valence-electron chi connectivity index (χ4n) is 10.8. The van der Waals surface area contributed by atoms with E-state index in [1.165, 1.54) is 6.92 Å². The molecule has 0 aromatic rings. The maximum Gasteiger partial charge on any atom is 0.311 e. The SMILES string of the molecule is C[C@@H]1C(=O)O[C@H]2[C@@H]1O[C@]13O[C@@]4(CC[C@]5(C)C(=O)[C@@](C)(O)[C@H]2[C@H]15)C[C@]12OC(=O)C[C@H]1OC(C)(C)[C@@H]2C[C@H](O)[C@H]4C3=O. The molecule has 0 aromatic carbocycles. The van der Waals surface area contributed by atoms with Gasteiger partial charge in [0, 0.05) is 29.6 Å². The highest BCUT2D eigenvalue weighted by Crippen LogP contribution is 2.71. The number of aliphatic hydroxyl groups excluding tert-OH is 1. The molecule has 2 N–H and O–H groups in total. The third-order valence-corrected chi connectivity index (χ3v) is 12.3. The molecule has 6 heterocycles. The van der Waals surface area contributed by atoms with Crippen molar-refractivity contribution >= 4 is 23.5 Å². The summed E-state index contributed by atoms with van der Waals surface area (Å²) < 4.78 is 31.7. The molecular formula is C29H36O11. The van der Waals surface area contributed by atoms with Crippen LogP contribution in [0.15, 0.2) is 0 Å². The van der Waals surface area contributed by atoms with E-state index in [2.05, 4.69) is 0 Å². The highest BCUT2D eigenvalue weighted by molar-refractivity contribution is 6.00. The van der Waals surface area contributed by atoms with Gasteiger partial charge in [-0.1, -0.05) is 6.92 Å². The van der Waals surface area contributed by atoms with Crippen molar-refractivity contribution in [3.8, 4) is 0 Å². The second-order valence-electron chi connectivity index (χ2n) is 14.7. The number of hydrogen-bond acceptors (Lipinski definition) is 11. The van der Waals surface area contributed by atoms with E-state index in [-0.39, 0.29) is 38.0 Å². The molecule has 8 fully saturated rings. The maximum absolute atomic E-state index is 14.8. The Hall–Kier alpha value is -1.92. The molecule has 6 saturated heterocycles. The van der Waals surface area contributed by atoms with E-state index >= 15 is 0 Å². The standard InChI is InChI=1S/C29H36O11/c1-11-18-19(36-22(11)33)17-20-25(4,23(34)26(17,5)35)6-7-27-10-28-13(24(2,3)37-14(28)9-15(31)38-28)8-12(30)16(27)21(32)29(20,39-18)40-27/h11-14,16-20,30,35H,6-10H2,1-5H3/t11-,12-,13-,14+,16-,17+,18+,19+,20-,25-,26-,27-,28+,29-/m0/s1. The van der Waals surface area contributed by atoms with Crippen LogP contribution in [-0.4, -0.2) is 86.3 Å². The summed E-state index contributed by atoms with van der Waals surface area (Å²) in [6, 6.07) is 0. The molecule has 14 atom stereocenters. The van der Waals surface area contributed by atoms with Gasteiger partial charge in [-0.05, 0) is 47.0 Å². The minimum absolute atomic E-state index is 0.0663. The lowest BCUT2D eigenvalue weighted by Crippen LogP contribution is -2.65. The van der Waals surface area contributed by atoms with E-state index in [9.17, 15) is 29.4 Å². The lowest BCUT2D eigenvalue weighted by molar-refractivity contribution is -0.336. The van der Waals surface area contributed by atoms with Gasteiger partial charge in [0.25, 0.3) is 0 Å². The molecule has 8 aliphatic rings. The summed E-state index contributed by atoms with van der Waals surface area (Å²) in [7, 11) is 0. The van der Waals surface area contributed by atoms with Gasteiger partial charge in [-0.2, -0.15) is 0 Å². The van der Waals surface area contributed by atoms with Crippen molar-refractivity contribution in [2.24, 2.45) is 35.0 Å². The van der Waals surface area contributed by atoms with Gasteiger partial charge in [0.15, 0.2) is 5.78 Å². The summed E-state index contributed by atoms with van der Waals surface area (Å²) in [5, 5.41) is 23.5. The van der Waals surface area contributed by atoms with Crippen molar-refractivity contribution < 1.29 is 53.1 Å². The molecule has 0 radical (unpaired) electrons. The number of fused-ring (bicyclic) bond motifs is 2. The van der Waals surface area contributed by atoms with E-state index in [0.717, 1.165) is 0 Å². The Morgan fingerprint density at radius 2 is 1.70 bits per heavy atom. The quantitative estimate of drug-likeness (QED) is 0.400. The second-order valence-corrected chi connectivity index (χ2v) is 14.7. The average Bonchev–Trinajstić information content (AvgIpc) is 3.44. The summed E-state index contributed by atoms with van der Waals surface area (Å²) in [6.45, 7) is 8.62. The Balaban J connectivity index is 1.33. The number of hydrogen-bond donors (Lipinski definition) is 2. The molecule has 0 unspecified atom stereocenters. The van der Waals surface area contributed by atoms with E-state index < -0.39 is 105 Å². The third kappa shape index (κ3) is 2.55. The lowest BCUT2D eigenvalue weighted by atomic mass is 9.60. The predicted molar refractivity (Wildman–Crippen MR) is 130 cm³/mol. The van der Waals surface area contributed by atoms with Crippen LogP contribution in [0.2, 0.25) is 0 Å². The predicted octanol–water partition coefficient (Wildman–Crippen LogP) is 0.598. The number of carbonyl (C=O) groups excluding carboxylic acids is 4. The monoisotopic (exact) mass is 560 g/mol. The minimum Gasteiger partial charge on any atom is -0.459 e. The first-order chi connectivity index (χ1) is 18.5. The normalized spacial score (nSPS) is 60.6. The summed E-state index contributed by atoms with van der Waals surface area (Å²) in [4.78, 5) is 54.3. The number of carbonyl (C=O) groups is 4. The Kier molecular flexibility index (Phi) is 4.50. The molecule has 218 valence electrons. The summed E-state index contributed by atoms with van der Waals surface area (Å²) >= 11 is 0. The molecule has 0 aromatic heterocycles. The fraction of sp³-hybridized carbons (Fsp3) is 0.862. The van der Waals surface area contributed by atoms with Crippen LogP contribution in [-0.2, 0) is 42.9 Å². The van der Waals surface area contributed by atoms with Crippen molar-refractivity contribution in [1.82, 2.24) is 0 Å². The van der Waals surface area contributed by atoms with Crippen LogP contribution in [0.3, 0.4) is 0 Å². The van der Waals surface area contributed by atoms with Gasteiger partial charge in [-0.3, -0.25) is 19.2 Å². The highest BCUT2D eigenvalue weighted by Gasteiger charge is 2.85. The van der Waals surface area contributed by atoms with Crippen molar-refractivity contribution in [2.45, 2.75) is 119 Å². The Morgan fingerprint density at radius 1 is 0.975 bits per heavy atom. The Morgan fingerprint density at radius 3 is 2.42 bits per heavy atom. The topological polar surface area (TPSA) is 155 Å². The molecule has 2 saturated carbocycles. The van der Waals surface area contributed by atoms with Crippen molar-refractivity contribution in [2.75, 3.05) is 0 Å². The number of esters is 2. The minimum atomic E-state index is -1.99. The zero-order valence-electron chi connectivity index (χ0n) is 23.3. The first-order valence-corrected chi connectivity index (χ1v) is 14.5. The molecule has 6 aliphatic heterocycles. The van der Waals surface area contributed by atoms with Gasteiger partial charge in [0.05, 0.1) is 35.6 Å². The molecule has 11 nitrogen and oxygen atoms in total. The zero-order chi connectivity index (χ0) is 28.6. The van der Waals surface area contributed by atoms with Crippen molar-refractivity contribution in [3.05, 3.63) is 0 Å². The first-order valence-electron chi connectivity index (χ1n) is 14.5. The number of rotatable bonds is 0. The fourth-order valence-corrected chi connectivity index (χ4v) is 10.8. The van der Waals surface area contributed by atoms with Gasteiger partial charge >= 0.3 is 11.9 Å². The summed E-state index contributed by atoms with van der Waals surface area (Å²) in [6.07, 6.45) is -2.79. The first kappa shape index (κ1) is 25.8. The molecular weight excluding hydrogens is 524 g/mol. The molecule has 11 heteroatoms. The van der Waals surface area contributed by atoms with Gasteiger partial charge in [-0.25, -0.2) is 0 Å². The van der Waals surface area contributed by atoms with Crippen LogP contribution in [0, 0.1) is 35.0 Å². The molecule has 40 heavy (non-hydrogen) atoms. The van der Waals surface area contributed by atoms with Crippen LogP contribution in [0.4, 0.5) is 0 Å². The third-order valence-electron chi connectivity index (χ3n) is 12.3. The summed E-state index contributed by atoms with van der Waals surface area (Å²) in [5.41, 5.74) is -6.27. The van der Waals surface area contributed by atoms with E-state index in [0.29, 0.717) is 0 Å². The second kappa shape index (κ2) is 6.99. The van der Waals surface area contributed by atoms with E-state index in [1.54, 1.807) is 13.8 Å². The molecule has 8 rings (SSSR count). The molecule has 0 amide bonds. The smallest absolute Gasteiger partial charge is 0.311 e. The van der Waals surface area contributed by atoms with Crippen molar-refractivity contribution in [1.29, 1.82) is 0 Å². The Labute approximate surface area is 231 Å². The molecule has 2 aliphatic carbocycles. The number of ketones is 2. The number of ether oxygens (including phenoxy) is 5.